The molecule has 25 heavy (non-hydrogen) atoms. The maximum Gasteiger partial charge on any atom is 0.249 e. The van der Waals surface area contributed by atoms with Gasteiger partial charge in [0.15, 0.2) is 0 Å². The van der Waals surface area contributed by atoms with Crippen LogP contribution in [0.3, 0.4) is 0 Å². The number of allylic oxidation sites excluding steroid dienone is 2. The second-order valence-electron chi connectivity index (χ2n) is 5.46. The van der Waals surface area contributed by atoms with Crippen LogP contribution >= 0.6 is 67.8 Å². The van der Waals surface area contributed by atoms with Crippen LogP contribution in [0, 0.1) is 11.3 Å². The van der Waals surface area contributed by atoms with E-state index in [9.17, 15) is 24.9 Å². The summed E-state index contributed by atoms with van der Waals surface area (Å²) in [4.78, 5) is 24.9. The molecular weight excluding hydrogens is 673 g/mol. The zero-order valence-electron chi connectivity index (χ0n) is 13.0. The number of alkyl halides is 1. The molecule has 0 bridgehead atoms. The number of carbonyl (C=O) groups excluding carboxylic acids is 2. The van der Waals surface area contributed by atoms with Gasteiger partial charge in [0.1, 0.15) is 5.41 Å². The molecule has 0 heterocycles. The van der Waals surface area contributed by atoms with Crippen molar-refractivity contribution in [1.82, 2.24) is 5.32 Å². The fourth-order valence-electron chi connectivity index (χ4n) is 2.56. The summed E-state index contributed by atoms with van der Waals surface area (Å²) in [6.07, 6.45) is 0.522. The molecule has 142 valence electrons. The molecule has 0 spiro atoms. The van der Waals surface area contributed by atoms with Crippen molar-refractivity contribution in [3.63, 3.8) is 0 Å². The van der Waals surface area contributed by atoms with Crippen LogP contribution in [-0.4, -0.2) is 68.6 Å². The number of primary amides is 1. The Balaban J connectivity index is 3.34. The van der Waals surface area contributed by atoms with Gasteiger partial charge in [0.25, 0.3) is 0 Å². The van der Waals surface area contributed by atoms with Crippen molar-refractivity contribution in [2.45, 2.75) is 10.0 Å². The van der Waals surface area contributed by atoms with E-state index in [0.717, 1.165) is 0 Å². The number of nitrogens with one attached hydrogen (secondary N) is 1. The van der Waals surface area contributed by atoms with E-state index in [1.54, 1.807) is 6.08 Å². The van der Waals surface area contributed by atoms with Crippen LogP contribution in [0.5, 0.6) is 0 Å². The van der Waals surface area contributed by atoms with Crippen molar-refractivity contribution in [3.8, 4) is 0 Å². The van der Waals surface area contributed by atoms with E-state index in [4.69, 9.17) is 10.8 Å². The first-order valence-corrected chi connectivity index (χ1v) is 10.6. The number of hydrogen-bond donors (Lipinski definition) is 6. The van der Waals surface area contributed by atoms with Gasteiger partial charge in [0.05, 0.1) is 16.6 Å². The average Bonchev–Trinajstić information content (AvgIpc) is 2.55. The number of aliphatic hydroxyl groups excluding tert-OH is 4. The Kier molecular flexibility index (Phi) is 9.51. The summed E-state index contributed by atoms with van der Waals surface area (Å²) in [6, 6.07) is 0. The molecule has 3 atom stereocenters. The van der Waals surface area contributed by atoms with E-state index in [1.165, 1.54) is 0 Å². The van der Waals surface area contributed by atoms with E-state index in [0.29, 0.717) is 7.16 Å². The smallest absolute Gasteiger partial charge is 0.249 e. The Labute approximate surface area is 185 Å². The lowest BCUT2D eigenvalue weighted by Crippen LogP contribution is -2.55. The third-order valence-corrected chi connectivity index (χ3v) is 7.71. The molecule has 1 rings (SSSR count). The van der Waals surface area contributed by atoms with Gasteiger partial charge < -0.3 is 31.5 Å². The molecule has 0 aromatic heterocycles. The largest absolute Gasteiger partial charge is 0.396 e. The molecule has 8 nitrogen and oxygen atoms in total. The van der Waals surface area contributed by atoms with E-state index in [2.05, 4.69) is 5.32 Å². The highest BCUT2D eigenvalue weighted by Gasteiger charge is 2.55. The van der Waals surface area contributed by atoms with Crippen molar-refractivity contribution in [2.24, 2.45) is 17.1 Å². The Morgan fingerprint density at radius 3 is 2.24 bits per heavy atom. The van der Waals surface area contributed by atoms with Crippen molar-refractivity contribution < 1.29 is 30.0 Å². The molecule has 11 heteroatoms. The molecule has 1 aliphatic carbocycles. The minimum Gasteiger partial charge on any atom is -0.396 e. The number of amides is 2. The van der Waals surface area contributed by atoms with Crippen LogP contribution < -0.4 is 11.1 Å². The predicted octanol–water partition coefficient (Wildman–Crippen LogP) is -0.647. The van der Waals surface area contributed by atoms with Crippen LogP contribution in [0.1, 0.15) is 0 Å². The fourth-order valence-corrected chi connectivity index (χ4v) is 8.32. The van der Waals surface area contributed by atoms with Gasteiger partial charge in [-0.15, -0.1) is 0 Å². The van der Waals surface area contributed by atoms with Crippen molar-refractivity contribution in [2.75, 3.05) is 26.4 Å². The highest BCUT2D eigenvalue weighted by atomic mass is 127. The number of hydrogen-bond acceptors (Lipinski definition) is 6. The standard InChI is InChI=1S/C14H19I3N2O6/c15-8-1-9(16)14(13(18)25,6(3-20)4-21)11(17)10(8)12(24)19-2-7(23)5-22/h1,6-7,11,20-23H,2-5H2,(H2,18,25)(H,19,24). The van der Waals surface area contributed by atoms with Gasteiger partial charge in [-0.2, -0.15) is 0 Å². The fraction of sp³-hybridized carbons (Fsp3) is 0.571. The molecule has 0 saturated carbocycles. The average molecular weight is 692 g/mol. The lowest BCUT2D eigenvalue weighted by molar-refractivity contribution is -0.129. The monoisotopic (exact) mass is 692 g/mol. The first kappa shape index (κ1) is 23.5. The third-order valence-electron chi connectivity index (χ3n) is 4.01. The van der Waals surface area contributed by atoms with Gasteiger partial charge in [0.2, 0.25) is 11.8 Å². The molecule has 0 aromatic rings. The first-order valence-electron chi connectivity index (χ1n) is 7.18. The summed E-state index contributed by atoms with van der Waals surface area (Å²) in [5, 5.41) is 40.0. The minimum absolute atomic E-state index is 0.153. The summed E-state index contributed by atoms with van der Waals surface area (Å²) in [5.41, 5.74) is 4.48. The molecule has 0 fully saturated rings. The van der Waals surface area contributed by atoms with E-state index < -0.39 is 53.0 Å². The van der Waals surface area contributed by atoms with E-state index >= 15 is 0 Å². The number of halogens is 3. The van der Waals surface area contributed by atoms with Crippen molar-refractivity contribution in [1.29, 1.82) is 0 Å². The van der Waals surface area contributed by atoms with Gasteiger partial charge in [-0.3, -0.25) is 9.59 Å². The number of carbonyl (C=O) groups is 2. The summed E-state index contributed by atoms with van der Waals surface area (Å²) in [7, 11) is 0. The van der Waals surface area contributed by atoms with Gasteiger partial charge in [-0.1, -0.05) is 22.6 Å². The second kappa shape index (κ2) is 10.1. The molecule has 0 aromatic carbocycles. The maximum atomic E-state index is 12.6. The Morgan fingerprint density at radius 1 is 1.24 bits per heavy atom. The second-order valence-corrected chi connectivity index (χ2v) is 9.03. The molecule has 7 N–H and O–H groups in total. The van der Waals surface area contributed by atoms with Gasteiger partial charge >= 0.3 is 0 Å². The molecule has 1 aliphatic rings. The number of rotatable bonds is 8. The Hall–Kier alpha value is 0.450. The quantitative estimate of drug-likeness (QED) is 0.147. The summed E-state index contributed by atoms with van der Waals surface area (Å²) in [5.74, 6) is -2.13. The maximum absolute atomic E-state index is 12.6. The van der Waals surface area contributed by atoms with Crippen LogP contribution in [0.2, 0.25) is 0 Å². The zero-order valence-corrected chi connectivity index (χ0v) is 19.4. The SMILES string of the molecule is NC(=O)C1(C(CO)CO)C(I)=CC(I)=C(C(=O)NCC(O)CO)C1I. The molecule has 0 radical (unpaired) electrons. The minimum atomic E-state index is -1.43. The molecule has 2 amide bonds. The lowest BCUT2D eigenvalue weighted by Gasteiger charge is -2.43. The van der Waals surface area contributed by atoms with E-state index in [1.807, 2.05) is 67.8 Å². The number of aliphatic hydroxyl groups is 4. The Bertz CT molecular complexity index is 593. The zero-order chi connectivity index (χ0) is 19.4. The molecular formula is C14H19I3N2O6. The van der Waals surface area contributed by atoms with Crippen LogP contribution in [0.15, 0.2) is 18.8 Å². The summed E-state index contributed by atoms with van der Waals surface area (Å²) < 4.78 is 0.382. The van der Waals surface area contributed by atoms with Crippen molar-refractivity contribution in [3.05, 3.63) is 18.8 Å². The van der Waals surface area contributed by atoms with Crippen LogP contribution in [0.4, 0.5) is 0 Å². The summed E-state index contributed by atoms with van der Waals surface area (Å²) >= 11 is 5.82. The molecule has 0 aliphatic heterocycles. The number of nitrogens with two attached hydrogens (primary N) is 1. The van der Waals surface area contributed by atoms with Gasteiger partial charge in [0, 0.05) is 38.4 Å². The topological polar surface area (TPSA) is 153 Å². The normalized spacial score (nSPS) is 25.0. The third kappa shape index (κ3) is 4.66. The van der Waals surface area contributed by atoms with Crippen LogP contribution in [0.25, 0.3) is 0 Å². The van der Waals surface area contributed by atoms with Gasteiger partial charge in [-0.25, -0.2) is 0 Å². The highest BCUT2D eigenvalue weighted by molar-refractivity contribution is 14.1. The molecule has 0 saturated heterocycles. The van der Waals surface area contributed by atoms with Gasteiger partial charge in [-0.05, 0) is 51.3 Å². The lowest BCUT2D eigenvalue weighted by atomic mass is 9.68. The summed E-state index contributed by atoms with van der Waals surface area (Å²) in [6.45, 7) is -1.61. The molecule has 3 unspecified atom stereocenters. The Morgan fingerprint density at radius 2 is 1.80 bits per heavy atom. The van der Waals surface area contributed by atoms with Crippen molar-refractivity contribution >= 4 is 79.6 Å². The van der Waals surface area contributed by atoms with Crippen LogP contribution in [-0.2, 0) is 9.59 Å². The predicted molar refractivity (Wildman–Crippen MR) is 116 cm³/mol. The highest BCUT2D eigenvalue weighted by Crippen LogP contribution is 2.53. The first-order chi connectivity index (χ1) is 11.7. The van der Waals surface area contributed by atoms with E-state index in [-0.39, 0.29) is 12.1 Å².